The molecule has 2 N–H and O–H groups in total. The molecule has 28 heavy (non-hydrogen) atoms. The van der Waals surface area contributed by atoms with E-state index in [9.17, 15) is 5.11 Å². The van der Waals surface area contributed by atoms with Gasteiger partial charge in [0.1, 0.15) is 24.1 Å². The molecule has 5 aromatic rings. The van der Waals surface area contributed by atoms with Gasteiger partial charge in [-0.25, -0.2) is 0 Å². The molecule has 0 aliphatic heterocycles. The largest absolute Gasteiger partial charge is 0.508 e. The van der Waals surface area contributed by atoms with Crippen LogP contribution in [0.4, 0.5) is 5.69 Å². The van der Waals surface area contributed by atoms with Crippen LogP contribution in [0.5, 0.6) is 11.5 Å². The number of phenols is 2. The van der Waals surface area contributed by atoms with E-state index in [1.807, 2.05) is 30.3 Å². The van der Waals surface area contributed by atoms with Crippen LogP contribution in [0.1, 0.15) is 0 Å². The predicted octanol–water partition coefficient (Wildman–Crippen LogP) is 4.80. The number of para-hydroxylation sites is 1. The van der Waals surface area contributed by atoms with Crippen molar-refractivity contribution in [2.24, 2.45) is 0 Å². The van der Waals surface area contributed by atoms with Crippen LogP contribution >= 0.6 is 34.2 Å². The van der Waals surface area contributed by atoms with Gasteiger partial charge in [0.15, 0.2) is 0 Å². The van der Waals surface area contributed by atoms with Crippen LogP contribution in [0.15, 0.2) is 66.7 Å². The molecule has 0 amide bonds. The Balaban J connectivity index is 0.000000162. The predicted molar refractivity (Wildman–Crippen MR) is 118 cm³/mol. The summed E-state index contributed by atoms with van der Waals surface area (Å²) in [6.45, 7) is 0. The van der Waals surface area contributed by atoms with E-state index in [2.05, 4.69) is 33.3 Å². The van der Waals surface area contributed by atoms with Crippen molar-refractivity contribution >= 4 is 59.5 Å². The van der Waals surface area contributed by atoms with E-state index in [0.717, 1.165) is 14.9 Å². The zero-order valence-electron chi connectivity index (χ0n) is 14.8. The van der Waals surface area contributed by atoms with Gasteiger partial charge in [0.05, 0.1) is 14.1 Å². The molecule has 5 nitrogen and oxygen atoms in total. The van der Waals surface area contributed by atoms with E-state index in [1.54, 1.807) is 46.9 Å². The third kappa shape index (κ3) is 4.04. The Hall–Kier alpha value is -2.81. The molecule has 0 atom stereocenters. The van der Waals surface area contributed by atoms with Gasteiger partial charge in [0.2, 0.25) is 5.69 Å². The molecule has 0 saturated carbocycles. The molecule has 2 aromatic heterocycles. The summed E-state index contributed by atoms with van der Waals surface area (Å²) in [4.78, 5) is 0. The maximum absolute atomic E-state index is 9.49. The molecule has 0 unspecified atom stereocenters. The highest BCUT2D eigenvalue weighted by atomic mass is 32.2. The van der Waals surface area contributed by atoms with Crippen LogP contribution in [-0.4, -0.2) is 26.8 Å². The number of hydrogen-bond donors (Lipinski definition) is 2. The van der Waals surface area contributed by atoms with Crippen LogP contribution in [-0.2, 0) is 0 Å². The van der Waals surface area contributed by atoms with Crippen molar-refractivity contribution in [3.8, 4) is 11.5 Å². The molecule has 3 aromatic carbocycles. The lowest BCUT2D eigenvalue weighted by Crippen LogP contribution is -2.14. The topological polar surface area (TPSA) is 69.2 Å². The second-order valence-corrected chi connectivity index (χ2v) is 9.03. The summed E-state index contributed by atoms with van der Waals surface area (Å²) in [5.41, 5.74) is 1.93. The van der Waals surface area contributed by atoms with E-state index in [4.69, 9.17) is 5.11 Å². The van der Waals surface area contributed by atoms with Crippen molar-refractivity contribution in [3.63, 3.8) is 0 Å². The van der Waals surface area contributed by atoms with E-state index in [1.165, 1.54) is 25.9 Å². The fraction of sp³-hybridized carbons (Fsp3) is 0.0500. The van der Waals surface area contributed by atoms with Gasteiger partial charge in [-0.1, -0.05) is 45.4 Å². The highest BCUT2D eigenvalue weighted by Crippen LogP contribution is 2.25. The highest BCUT2D eigenvalue weighted by molar-refractivity contribution is 7.35. The van der Waals surface area contributed by atoms with Gasteiger partial charge in [-0.15, -0.1) is 5.10 Å². The molecule has 0 spiro atoms. The third-order valence-electron chi connectivity index (χ3n) is 3.97. The van der Waals surface area contributed by atoms with Gasteiger partial charge in [0.25, 0.3) is 0 Å². The van der Waals surface area contributed by atoms with Gasteiger partial charge in [-0.3, -0.25) is 0 Å². The lowest BCUT2D eigenvalue weighted by Gasteiger charge is -1.91. The number of aromatic hydroxyl groups is 2. The maximum Gasteiger partial charge on any atom is 0.320 e. The molecule has 0 radical (unpaired) electrons. The summed E-state index contributed by atoms with van der Waals surface area (Å²) in [6.07, 6.45) is 0. The van der Waals surface area contributed by atoms with Crippen molar-refractivity contribution in [2.45, 2.75) is 0 Å². The Morgan fingerprint density at radius 3 is 2.25 bits per heavy atom. The first-order valence-corrected chi connectivity index (χ1v) is 10.8. The number of rotatable bonds is 1. The summed E-state index contributed by atoms with van der Waals surface area (Å²) in [6, 6.07) is 20.8. The molecular weight excluding hydrogens is 410 g/mol. The SMILES string of the molecule is C[N+](c1ccccc1)=c1sc2ccc(O)cc2s1.Oc1ccc2snnc2c1. The fourth-order valence-electron chi connectivity index (χ4n) is 2.53. The van der Waals surface area contributed by atoms with Crippen LogP contribution in [0.25, 0.3) is 19.6 Å². The minimum atomic E-state index is 0.236. The number of phenolic OH excluding ortho intramolecular Hbond substituents is 2. The lowest BCUT2D eigenvalue weighted by molar-refractivity contribution is 0.475. The average Bonchev–Trinajstić information content (AvgIpc) is 3.34. The molecule has 0 aliphatic carbocycles. The number of aromatic nitrogens is 2. The summed E-state index contributed by atoms with van der Waals surface area (Å²) in [7, 11) is 2.07. The van der Waals surface area contributed by atoms with Gasteiger partial charge in [0, 0.05) is 18.2 Å². The lowest BCUT2D eigenvalue weighted by atomic mass is 10.3. The molecule has 0 aliphatic rings. The first kappa shape index (κ1) is 18.5. The average molecular weight is 427 g/mol. The van der Waals surface area contributed by atoms with Crippen LogP contribution in [0, 0.1) is 0 Å². The fourth-order valence-corrected chi connectivity index (χ4v) is 5.53. The van der Waals surface area contributed by atoms with Crippen molar-refractivity contribution in [1.82, 2.24) is 14.2 Å². The highest BCUT2D eigenvalue weighted by Gasteiger charge is 2.08. The molecule has 8 heteroatoms. The van der Waals surface area contributed by atoms with E-state index in [0.29, 0.717) is 5.75 Å². The monoisotopic (exact) mass is 426 g/mol. The van der Waals surface area contributed by atoms with E-state index >= 15 is 0 Å². The van der Waals surface area contributed by atoms with Gasteiger partial charge in [-0.05, 0) is 41.9 Å². The summed E-state index contributed by atoms with van der Waals surface area (Å²) in [5.74, 6) is 0.561. The number of benzene rings is 3. The zero-order chi connectivity index (χ0) is 19.5. The standard InChI is InChI=1S/C14H11NOS2.C6H4N2OS/c1-15(10-5-3-2-4-6-10)14-17-12-8-7-11(16)9-13(12)18-14;9-4-1-2-6-5(3-4)7-8-10-6/h2-9H,1H3;1-3,9H/p+1. The maximum atomic E-state index is 9.49. The Labute approximate surface area is 172 Å². The smallest absolute Gasteiger partial charge is 0.320 e. The Morgan fingerprint density at radius 2 is 1.46 bits per heavy atom. The third-order valence-corrected chi connectivity index (χ3v) is 7.33. The number of hydrogen-bond acceptors (Lipinski definition) is 7. The van der Waals surface area contributed by atoms with Gasteiger partial charge >= 0.3 is 3.98 Å². The summed E-state index contributed by atoms with van der Waals surface area (Å²) < 4.78 is 10.4. The van der Waals surface area contributed by atoms with Gasteiger partial charge in [-0.2, -0.15) is 4.58 Å². The molecular formula is C20H16N3O2S3+. The van der Waals surface area contributed by atoms with Crippen molar-refractivity contribution in [1.29, 1.82) is 0 Å². The molecule has 2 heterocycles. The van der Waals surface area contributed by atoms with E-state index < -0.39 is 0 Å². The Kier molecular flexibility index (Phi) is 5.34. The van der Waals surface area contributed by atoms with Crippen LogP contribution in [0.3, 0.4) is 0 Å². The molecule has 0 fully saturated rings. The number of nitrogens with zero attached hydrogens (tertiary/aromatic N) is 3. The summed E-state index contributed by atoms with van der Waals surface area (Å²) in [5, 5.41) is 22.3. The molecule has 0 saturated heterocycles. The molecule has 5 rings (SSSR count). The second-order valence-electron chi connectivity index (χ2n) is 5.92. The van der Waals surface area contributed by atoms with Crippen molar-refractivity contribution < 1.29 is 10.2 Å². The zero-order valence-corrected chi connectivity index (χ0v) is 17.3. The second kappa shape index (κ2) is 8.05. The summed E-state index contributed by atoms with van der Waals surface area (Å²) >= 11 is 4.76. The Bertz CT molecular complexity index is 1310. The van der Waals surface area contributed by atoms with Crippen molar-refractivity contribution in [2.75, 3.05) is 7.05 Å². The Morgan fingerprint density at radius 1 is 0.786 bits per heavy atom. The van der Waals surface area contributed by atoms with Crippen LogP contribution in [0.2, 0.25) is 0 Å². The molecule has 0 bridgehead atoms. The van der Waals surface area contributed by atoms with Crippen LogP contribution < -0.4 is 8.56 Å². The first-order chi connectivity index (χ1) is 13.6. The quantitative estimate of drug-likeness (QED) is 0.378. The van der Waals surface area contributed by atoms with E-state index in [-0.39, 0.29) is 5.75 Å². The minimum Gasteiger partial charge on any atom is -0.508 e. The first-order valence-electron chi connectivity index (χ1n) is 8.36. The normalized spacial score (nSPS) is 11.9. The molecule has 140 valence electrons. The van der Waals surface area contributed by atoms with Gasteiger partial charge < -0.3 is 10.2 Å². The van der Waals surface area contributed by atoms with Crippen molar-refractivity contribution in [3.05, 3.63) is 70.7 Å². The minimum absolute atomic E-state index is 0.236. The number of fused-ring (bicyclic) bond motifs is 2.